The Labute approximate surface area is 195 Å². The van der Waals surface area contributed by atoms with Crippen molar-refractivity contribution in [2.45, 2.75) is 53.2 Å². The van der Waals surface area contributed by atoms with Gasteiger partial charge in [-0.25, -0.2) is 4.79 Å². The first-order valence-electron chi connectivity index (χ1n) is 12.2. The van der Waals surface area contributed by atoms with Crippen molar-refractivity contribution in [3.63, 3.8) is 0 Å². The predicted molar refractivity (Wildman–Crippen MR) is 135 cm³/mol. The summed E-state index contributed by atoms with van der Waals surface area (Å²) >= 11 is 0. The van der Waals surface area contributed by atoms with Crippen molar-refractivity contribution >= 4 is 11.0 Å². The van der Waals surface area contributed by atoms with Crippen molar-refractivity contribution < 1.29 is 0 Å². The zero-order valence-electron chi connectivity index (χ0n) is 19.9. The van der Waals surface area contributed by atoms with E-state index in [0.29, 0.717) is 13.1 Å². The number of imidazole rings is 1. The molecule has 0 N–H and O–H groups in total. The molecule has 0 radical (unpaired) electrons. The highest BCUT2D eigenvalue weighted by atomic mass is 16.1. The van der Waals surface area contributed by atoms with Crippen molar-refractivity contribution in [3.05, 3.63) is 64.7 Å². The third-order valence-corrected chi connectivity index (χ3v) is 6.86. The first kappa shape index (κ1) is 21.7. The minimum Gasteiger partial charge on any atom is -0.301 e. The van der Waals surface area contributed by atoms with Gasteiger partial charge in [-0.1, -0.05) is 29.8 Å². The van der Waals surface area contributed by atoms with Gasteiger partial charge in [0.05, 0.1) is 17.6 Å². The molecule has 1 saturated heterocycles. The van der Waals surface area contributed by atoms with Crippen molar-refractivity contribution in [2.24, 2.45) is 0 Å². The molecule has 5 rings (SSSR count). The molecular formula is C27H33N5O. The molecular weight excluding hydrogens is 410 g/mol. The van der Waals surface area contributed by atoms with Gasteiger partial charge in [-0.05, 0) is 70.5 Å². The van der Waals surface area contributed by atoms with Crippen LogP contribution in [-0.2, 0) is 19.6 Å². The zero-order valence-corrected chi connectivity index (χ0v) is 19.9. The van der Waals surface area contributed by atoms with Gasteiger partial charge in [-0.3, -0.25) is 13.8 Å². The van der Waals surface area contributed by atoms with Crippen molar-refractivity contribution in [1.82, 2.24) is 23.8 Å². The van der Waals surface area contributed by atoms with E-state index in [1.165, 1.54) is 31.5 Å². The molecule has 1 aliphatic heterocycles. The van der Waals surface area contributed by atoms with Crippen LogP contribution in [0, 0.1) is 6.92 Å². The summed E-state index contributed by atoms with van der Waals surface area (Å²) in [7, 11) is 0. The lowest BCUT2D eigenvalue weighted by Crippen LogP contribution is -2.24. The molecule has 3 heterocycles. The second-order valence-electron chi connectivity index (χ2n) is 9.05. The zero-order chi connectivity index (χ0) is 22.9. The molecule has 0 aliphatic carbocycles. The summed E-state index contributed by atoms with van der Waals surface area (Å²) < 4.78 is 5.82. The second-order valence-corrected chi connectivity index (χ2v) is 9.05. The van der Waals surface area contributed by atoms with Gasteiger partial charge in [-0.2, -0.15) is 5.10 Å². The Balaban J connectivity index is 1.61. The van der Waals surface area contributed by atoms with Gasteiger partial charge < -0.3 is 4.90 Å². The molecule has 33 heavy (non-hydrogen) atoms. The van der Waals surface area contributed by atoms with Gasteiger partial charge in [0.1, 0.15) is 5.69 Å². The average Bonchev–Trinajstić information content (AvgIpc) is 3.54. The van der Waals surface area contributed by atoms with Gasteiger partial charge in [0, 0.05) is 37.0 Å². The highest BCUT2D eigenvalue weighted by Gasteiger charge is 2.18. The fraction of sp³-hybridized carbons (Fsp3) is 0.407. The monoisotopic (exact) mass is 443 g/mol. The smallest absolute Gasteiger partial charge is 0.301 e. The van der Waals surface area contributed by atoms with Crippen LogP contribution >= 0.6 is 0 Å². The largest absolute Gasteiger partial charge is 0.329 e. The van der Waals surface area contributed by atoms with E-state index in [0.717, 1.165) is 46.5 Å². The van der Waals surface area contributed by atoms with Crippen LogP contribution in [0.3, 0.4) is 0 Å². The summed E-state index contributed by atoms with van der Waals surface area (Å²) in [5, 5.41) is 5.04. The molecule has 2 aromatic heterocycles. The van der Waals surface area contributed by atoms with Crippen LogP contribution in [0.5, 0.6) is 0 Å². The lowest BCUT2D eigenvalue weighted by Gasteiger charge is -2.13. The third kappa shape index (κ3) is 4.04. The van der Waals surface area contributed by atoms with Gasteiger partial charge in [0.2, 0.25) is 0 Å². The van der Waals surface area contributed by atoms with Crippen LogP contribution in [-0.4, -0.2) is 43.4 Å². The Morgan fingerprint density at radius 2 is 1.64 bits per heavy atom. The number of rotatable bonds is 7. The molecule has 0 unspecified atom stereocenters. The lowest BCUT2D eigenvalue weighted by molar-refractivity contribution is 0.316. The number of nitrogens with zero attached hydrogens (tertiary/aromatic N) is 5. The van der Waals surface area contributed by atoms with E-state index >= 15 is 0 Å². The number of benzene rings is 2. The molecule has 4 aromatic rings. The third-order valence-electron chi connectivity index (χ3n) is 6.86. The van der Waals surface area contributed by atoms with E-state index in [9.17, 15) is 4.79 Å². The average molecular weight is 444 g/mol. The number of likely N-dealkylation sites (tertiary alicyclic amines) is 1. The summed E-state index contributed by atoms with van der Waals surface area (Å²) in [4.78, 5) is 15.4. The van der Waals surface area contributed by atoms with Crippen molar-refractivity contribution in [3.8, 4) is 22.4 Å². The number of hydrogen-bond acceptors (Lipinski definition) is 3. The maximum atomic E-state index is 12.8. The molecule has 1 fully saturated rings. The number of aryl methyl sites for hydroxylation is 3. The van der Waals surface area contributed by atoms with Crippen LogP contribution in [0.1, 0.15) is 32.3 Å². The summed E-state index contributed by atoms with van der Waals surface area (Å²) in [5.41, 5.74) is 7.61. The predicted octanol–water partition coefficient (Wildman–Crippen LogP) is 4.78. The van der Waals surface area contributed by atoms with Crippen LogP contribution in [0.25, 0.3) is 33.4 Å². The van der Waals surface area contributed by atoms with Crippen LogP contribution < -0.4 is 5.69 Å². The second kappa shape index (κ2) is 9.02. The van der Waals surface area contributed by atoms with E-state index in [4.69, 9.17) is 5.10 Å². The highest BCUT2D eigenvalue weighted by molar-refractivity contribution is 5.87. The Hall–Kier alpha value is -3.12. The van der Waals surface area contributed by atoms with E-state index in [2.05, 4.69) is 65.2 Å². The highest BCUT2D eigenvalue weighted by Crippen LogP contribution is 2.33. The molecule has 172 valence electrons. The van der Waals surface area contributed by atoms with Crippen molar-refractivity contribution in [1.29, 1.82) is 0 Å². The normalized spacial score (nSPS) is 14.5. The van der Waals surface area contributed by atoms with E-state index in [1.807, 2.05) is 23.0 Å². The fourth-order valence-corrected chi connectivity index (χ4v) is 5.10. The van der Waals surface area contributed by atoms with Gasteiger partial charge >= 0.3 is 5.69 Å². The minimum absolute atomic E-state index is 0.0624. The lowest BCUT2D eigenvalue weighted by atomic mass is 10.0. The van der Waals surface area contributed by atoms with E-state index < -0.39 is 0 Å². The van der Waals surface area contributed by atoms with Gasteiger partial charge in [0.25, 0.3) is 0 Å². The minimum atomic E-state index is 0.0624. The number of fused-ring (bicyclic) bond motifs is 1. The summed E-state index contributed by atoms with van der Waals surface area (Å²) in [6, 6.07) is 14.9. The molecule has 6 nitrogen and oxygen atoms in total. The molecule has 2 aromatic carbocycles. The Bertz CT molecular complexity index is 1340. The van der Waals surface area contributed by atoms with E-state index in [-0.39, 0.29) is 5.69 Å². The summed E-state index contributed by atoms with van der Waals surface area (Å²) in [5.74, 6) is 0. The molecule has 6 heteroatoms. The first-order valence-corrected chi connectivity index (χ1v) is 12.2. The standard InChI is InChI=1S/C27H33N5O/c1-4-31-24-12-11-21(18-25(24)32(5-2)27(31)33)23-19-30(16-15-29-13-6-7-14-29)28-26(23)22-10-8-9-20(3)17-22/h8-12,17-19H,4-7,13-16H2,1-3H3. The summed E-state index contributed by atoms with van der Waals surface area (Å²) in [6.45, 7) is 11.8. The van der Waals surface area contributed by atoms with Gasteiger partial charge in [-0.15, -0.1) is 0 Å². The van der Waals surface area contributed by atoms with Crippen molar-refractivity contribution in [2.75, 3.05) is 19.6 Å². The summed E-state index contributed by atoms with van der Waals surface area (Å²) in [6.07, 6.45) is 4.78. The molecule has 1 aliphatic rings. The quantitative estimate of drug-likeness (QED) is 0.413. The first-order chi connectivity index (χ1) is 16.1. The molecule has 0 saturated carbocycles. The van der Waals surface area contributed by atoms with Crippen LogP contribution in [0.4, 0.5) is 0 Å². The molecule has 0 amide bonds. The topological polar surface area (TPSA) is 48.0 Å². The van der Waals surface area contributed by atoms with E-state index in [1.54, 1.807) is 0 Å². The number of hydrogen-bond donors (Lipinski definition) is 0. The number of aromatic nitrogens is 4. The Morgan fingerprint density at radius 1 is 0.879 bits per heavy atom. The fourth-order valence-electron chi connectivity index (χ4n) is 5.10. The maximum Gasteiger partial charge on any atom is 0.329 e. The molecule has 0 spiro atoms. The maximum absolute atomic E-state index is 12.8. The van der Waals surface area contributed by atoms with Gasteiger partial charge in [0.15, 0.2) is 0 Å². The van der Waals surface area contributed by atoms with Crippen LogP contribution in [0.15, 0.2) is 53.5 Å². The SMILES string of the molecule is CCn1c(=O)n(CC)c2cc(-c3cn(CCN4CCCC4)nc3-c3cccc(C)c3)ccc21. The van der Waals surface area contributed by atoms with Crippen LogP contribution in [0.2, 0.25) is 0 Å². The Morgan fingerprint density at radius 3 is 2.36 bits per heavy atom. The Kier molecular flexibility index (Phi) is 5.94. The molecule has 0 bridgehead atoms. The molecule has 0 atom stereocenters.